The van der Waals surface area contributed by atoms with Crippen LogP contribution in [0, 0.1) is 13.8 Å². The highest BCUT2D eigenvalue weighted by atomic mass is 127. The van der Waals surface area contributed by atoms with Crippen molar-refractivity contribution in [3.05, 3.63) is 53.2 Å². The van der Waals surface area contributed by atoms with Gasteiger partial charge in [0.05, 0.1) is 5.69 Å². The van der Waals surface area contributed by atoms with E-state index in [1.54, 1.807) is 0 Å². The fourth-order valence-corrected chi connectivity index (χ4v) is 3.67. The van der Waals surface area contributed by atoms with Crippen molar-refractivity contribution in [1.29, 1.82) is 0 Å². The van der Waals surface area contributed by atoms with Gasteiger partial charge in [0, 0.05) is 31.7 Å². The summed E-state index contributed by atoms with van der Waals surface area (Å²) < 4.78 is 5.64. The van der Waals surface area contributed by atoms with Crippen LogP contribution in [0.1, 0.15) is 49.6 Å². The minimum atomic E-state index is 0. The number of likely N-dealkylation sites (tertiary alicyclic amines) is 1. The molecule has 29 heavy (non-hydrogen) atoms. The molecule has 1 aromatic heterocycles. The summed E-state index contributed by atoms with van der Waals surface area (Å²) in [6.45, 7) is 11.7. The average Bonchev–Trinajstić information content (AvgIpc) is 3.01. The zero-order chi connectivity index (χ0) is 19.9. The fourth-order valence-electron chi connectivity index (χ4n) is 3.67. The molecule has 2 aromatic rings. The Balaban J connectivity index is 0.00000300. The lowest BCUT2D eigenvalue weighted by atomic mass is 9.97. The van der Waals surface area contributed by atoms with Gasteiger partial charge in [-0.1, -0.05) is 30.3 Å². The SMILES string of the molecule is CCNC(=NCc1nc(C)c(C)o1)NC1CCN(Cc2ccccc2)C(C)C1.I. The molecule has 3 rings (SSSR count). The number of aliphatic imine (C=N–C) groups is 1. The van der Waals surface area contributed by atoms with Crippen LogP contribution < -0.4 is 10.6 Å². The summed E-state index contributed by atoms with van der Waals surface area (Å²) in [7, 11) is 0. The molecule has 7 heteroatoms. The average molecular weight is 511 g/mol. The van der Waals surface area contributed by atoms with Crippen LogP contribution in [0.25, 0.3) is 0 Å². The smallest absolute Gasteiger partial charge is 0.216 e. The number of oxazole rings is 1. The lowest BCUT2D eigenvalue weighted by Crippen LogP contribution is -2.51. The lowest BCUT2D eigenvalue weighted by molar-refractivity contribution is 0.134. The van der Waals surface area contributed by atoms with Gasteiger partial charge < -0.3 is 15.1 Å². The van der Waals surface area contributed by atoms with Crippen molar-refractivity contribution in [2.24, 2.45) is 4.99 Å². The molecule has 1 saturated heterocycles. The van der Waals surface area contributed by atoms with E-state index in [-0.39, 0.29) is 24.0 Å². The highest BCUT2D eigenvalue weighted by Crippen LogP contribution is 2.20. The van der Waals surface area contributed by atoms with E-state index in [0.717, 1.165) is 49.9 Å². The van der Waals surface area contributed by atoms with Gasteiger partial charge in [-0.15, -0.1) is 24.0 Å². The van der Waals surface area contributed by atoms with Crippen LogP contribution in [-0.2, 0) is 13.1 Å². The van der Waals surface area contributed by atoms with Gasteiger partial charge in [0.2, 0.25) is 5.89 Å². The molecule has 6 nitrogen and oxygen atoms in total. The monoisotopic (exact) mass is 511 g/mol. The molecule has 0 radical (unpaired) electrons. The first-order valence-corrected chi connectivity index (χ1v) is 10.3. The number of guanidine groups is 1. The third-order valence-electron chi connectivity index (χ3n) is 5.37. The van der Waals surface area contributed by atoms with Gasteiger partial charge in [0.1, 0.15) is 12.3 Å². The Morgan fingerprint density at radius 3 is 2.66 bits per heavy atom. The van der Waals surface area contributed by atoms with Crippen molar-refractivity contribution >= 4 is 29.9 Å². The van der Waals surface area contributed by atoms with E-state index in [0.29, 0.717) is 24.5 Å². The molecule has 1 aromatic carbocycles. The van der Waals surface area contributed by atoms with Gasteiger partial charge >= 0.3 is 0 Å². The van der Waals surface area contributed by atoms with E-state index in [1.807, 2.05) is 13.8 Å². The summed E-state index contributed by atoms with van der Waals surface area (Å²) in [5.41, 5.74) is 2.31. The van der Waals surface area contributed by atoms with Crippen molar-refractivity contribution in [2.75, 3.05) is 13.1 Å². The summed E-state index contributed by atoms with van der Waals surface area (Å²) in [5.74, 6) is 2.37. The van der Waals surface area contributed by atoms with Crippen LogP contribution in [0.2, 0.25) is 0 Å². The van der Waals surface area contributed by atoms with E-state index in [1.165, 1.54) is 5.56 Å². The second-order valence-electron chi connectivity index (χ2n) is 7.62. The van der Waals surface area contributed by atoms with Gasteiger partial charge in [0.15, 0.2) is 5.96 Å². The molecular weight excluding hydrogens is 477 g/mol. The molecule has 1 aliphatic heterocycles. The molecule has 2 heterocycles. The molecule has 0 amide bonds. The Morgan fingerprint density at radius 1 is 1.28 bits per heavy atom. The Labute approximate surface area is 191 Å². The van der Waals surface area contributed by atoms with Crippen LogP contribution in [0.15, 0.2) is 39.7 Å². The number of aromatic nitrogens is 1. The van der Waals surface area contributed by atoms with Crippen molar-refractivity contribution in [1.82, 2.24) is 20.5 Å². The summed E-state index contributed by atoms with van der Waals surface area (Å²) in [5, 5.41) is 6.95. The Bertz CT molecular complexity index is 757. The zero-order valence-electron chi connectivity index (χ0n) is 17.9. The van der Waals surface area contributed by atoms with Gasteiger partial charge in [-0.25, -0.2) is 9.98 Å². The first-order valence-electron chi connectivity index (χ1n) is 10.3. The molecule has 2 unspecified atom stereocenters. The zero-order valence-corrected chi connectivity index (χ0v) is 20.3. The molecule has 1 aliphatic rings. The summed E-state index contributed by atoms with van der Waals surface area (Å²) >= 11 is 0. The van der Waals surface area contributed by atoms with Crippen molar-refractivity contribution < 1.29 is 4.42 Å². The molecule has 0 bridgehead atoms. The Hall–Kier alpha value is -1.61. The van der Waals surface area contributed by atoms with Crippen LogP contribution >= 0.6 is 24.0 Å². The van der Waals surface area contributed by atoms with Crippen LogP contribution in [0.4, 0.5) is 0 Å². The molecule has 0 saturated carbocycles. The number of benzene rings is 1. The summed E-state index contributed by atoms with van der Waals surface area (Å²) in [6, 6.07) is 11.7. The van der Waals surface area contributed by atoms with E-state index < -0.39 is 0 Å². The highest BCUT2D eigenvalue weighted by Gasteiger charge is 2.26. The second kappa shape index (κ2) is 11.5. The highest BCUT2D eigenvalue weighted by molar-refractivity contribution is 14.0. The largest absolute Gasteiger partial charge is 0.444 e. The van der Waals surface area contributed by atoms with E-state index in [9.17, 15) is 0 Å². The number of nitrogens with zero attached hydrogens (tertiary/aromatic N) is 3. The predicted octanol–water partition coefficient (Wildman–Crippen LogP) is 4.02. The first kappa shape index (κ1) is 23.7. The number of piperidine rings is 1. The lowest BCUT2D eigenvalue weighted by Gasteiger charge is -2.38. The van der Waals surface area contributed by atoms with Gasteiger partial charge in [-0.2, -0.15) is 0 Å². The van der Waals surface area contributed by atoms with E-state index >= 15 is 0 Å². The van der Waals surface area contributed by atoms with Gasteiger partial charge in [-0.05, 0) is 46.1 Å². The first-order chi connectivity index (χ1) is 13.5. The molecule has 2 N–H and O–H groups in total. The summed E-state index contributed by atoms with van der Waals surface area (Å²) in [4.78, 5) is 11.6. The third-order valence-corrected chi connectivity index (χ3v) is 5.37. The number of hydrogen-bond donors (Lipinski definition) is 2. The predicted molar refractivity (Wildman–Crippen MR) is 129 cm³/mol. The molecule has 0 spiro atoms. The number of hydrogen-bond acceptors (Lipinski definition) is 4. The molecule has 1 fully saturated rings. The molecular formula is C22H34IN5O. The topological polar surface area (TPSA) is 65.7 Å². The number of aryl methyl sites for hydroxylation is 2. The van der Waals surface area contributed by atoms with Crippen LogP contribution in [0.3, 0.4) is 0 Å². The van der Waals surface area contributed by atoms with Gasteiger partial charge in [-0.3, -0.25) is 4.90 Å². The third kappa shape index (κ3) is 6.99. The second-order valence-corrected chi connectivity index (χ2v) is 7.62. The Morgan fingerprint density at radius 2 is 2.03 bits per heavy atom. The van der Waals surface area contributed by atoms with Crippen molar-refractivity contribution in [3.63, 3.8) is 0 Å². The quantitative estimate of drug-likeness (QED) is 0.349. The fraction of sp³-hybridized carbons (Fsp3) is 0.545. The minimum absolute atomic E-state index is 0. The van der Waals surface area contributed by atoms with Crippen LogP contribution in [-0.4, -0.2) is 41.0 Å². The normalized spacial score (nSPS) is 20.2. The van der Waals surface area contributed by atoms with E-state index in [4.69, 9.17) is 4.42 Å². The molecule has 0 aliphatic carbocycles. The maximum Gasteiger partial charge on any atom is 0.216 e. The molecule has 160 valence electrons. The Kier molecular flexibility index (Phi) is 9.42. The summed E-state index contributed by atoms with van der Waals surface area (Å²) in [6.07, 6.45) is 2.22. The number of nitrogens with one attached hydrogen (secondary N) is 2. The maximum atomic E-state index is 5.64. The minimum Gasteiger partial charge on any atom is -0.444 e. The van der Waals surface area contributed by atoms with Crippen LogP contribution in [0.5, 0.6) is 0 Å². The standard InChI is InChI=1S/C22H33N5O.HI/c1-5-23-22(24-14-21-25-17(3)18(4)28-21)26-20-11-12-27(16(2)13-20)15-19-9-7-6-8-10-19;/h6-10,16,20H,5,11-15H2,1-4H3,(H2,23,24,26);1H. The molecule has 2 atom stereocenters. The van der Waals surface area contributed by atoms with Gasteiger partial charge in [0.25, 0.3) is 0 Å². The van der Waals surface area contributed by atoms with E-state index in [2.05, 4.69) is 69.7 Å². The van der Waals surface area contributed by atoms with Crippen molar-refractivity contribution in [3.8, 4) is 0 Å². The maximum absolute atomic E-state index is 5.64. The number of halogens is 1. The van der Waals surface area contributed by atoms with Crippen molar-refractivity contribution in [2.45, 2.75) is 65.7 Å². The number of rotatable bonds is 6.